The van der Waals surface area contributed by atoms with Gasteiger partial charge in [-0.05, 0) is 54.2 Å². The van der Waals surface area contributed by atoms with E-state index in [1.165, 1.54) is 5.56 Å². The van der Waals surface area contributed by atoms with E-state index in [1.54, 1.807) is 11.4 Å². The summed E-state index contributed by atoms with van der Waals surface area (Å²) in [6.07, 6.45) is 4.00. The van der Waals surface area contributed by atoms with Gasteiger partial charge in [0.05, 0.1) is 6.61 Å². The number of primary sulfonamides is 1. The van der Waals surface area contributed by atoms with Crippen molar-refractivity contribution in [3.63, 3.8) is 0 Å². The monoisotopic (exact) mass is 394 g/mol. The van der Waals surface area contributed by atoms with Gasteiger partial charge in [-0.15, -0.1) is 11.3 Å². The second-order valence-electron chi connectivity index (χ2n) is 6.98. The number of sulfonamides is 1. The normalized spacial score (nSPS) is 22.2. The molecular formula is C19H26N2O3S2. The minimum atomic E-state index is -3.74. The van der Waals surface area contributed by atoms with Crippen molar-refractivity contribution in [1.82, 2.24) is 5.32 Å². The summed E-state index contributed by atoms with van der Waals surface area (Å²) in [6.45, 7) is 0.811. The number of benzene rings is 1. The zero-order valence-electron chi connectivity index (χ0n) is 14.7. The predicted octanol–water partition coefficient (Wildman–Crippen LogP) is 2.82. The van der Waals surface area contributed by atoms with Crippen molar-refractivity contribution >= 4 is 21.4 Å². The van der Waals surface area contributed by atoms with Crippen molar-refractivity contribution < 1.29 is 13.5 Å². The van der Waals surface area contributed by atoms with Crippen LogP contribution in [0.4, 0.5) is 0 Å². The lowest BCUT2D eigenvalue weighted by atomic mass is 9.76. The van der Waals surface area contributed by atoms with Gasteiger partial charge in [-0.2, -0.15) is 0 Å². The van der Waals surface area contributed by atoms with Crippen molar-refractivity contribution in [3.8, 4) is 0 Å². The van der Waals surface area contributed by atoms with E-state index in [0.29, 0.717) is 11.6 Å². The Bertz CT molecular complexity index is 797. The quantitative estimate of drug-likeness (QED) is 0.673. The van der Waals surface area contributed by atoms with Crippen LogP contribution in [0.2, 0.25) is 0 Å². The van der Waals surface area contributed by atoms with E-state index >= 15 is 0 Å². The SMILES string of the molecule is NS(=O)(=O)c1sccc1[C@@H](CO)C1CCC(NCc2ccccc2)CC1. The highest BCUT2D eigenvalue weighted by Gasteiger charge is 2.31. The molecule has 5 nitrogen and oxygen atoms in total. The van der Waals surface area contributed by atoms with Crippen LogP contribution in [0, 0.1) is 5.92 Å². The molecule has 0 saturated heterocycles. The molecule has 7 heteroatoms. The molecule has 26 heavy (non-hydrogen) atoms. The van der Waals surface area contributed by atoms with E-state index in [9.17, 15) is 13.5 Å². The molecular weight excluding hydrogens is 368 g/mol. The first-order valence-electron chi connectivity index (χ1n) is 8.97. The standard InChI is InChI=1S/C19H26N2O3S2/c20-26(23,24)19-17(10-11-25-19)18(13-22)15-6-8-16(9-7-15)21-12-14-4-2-1-3-5-14/h1-5,10-11,15-16,18,21-22H,6-9,12-13H2,(H2,20,23,24)/t15?,16?,18-/m0/s1. The first kappa shape index (κ1) is 19.5. The fraction of sp³-hybridized carbons (Fsp3) is 0.474. The molecule has 1 heterocycles. The van der Waals surface area contributed by atoms with Crippen LogP contribution in [-0.2, 0) is 16.6 Å². The third kappa shape index (κ3) is 4.72. The molecule has 0 bridgehead atoms. The molecule has 1 aromatic heterocycles. The first-order chi connectivity index (χ1) is 12.5. The second-order valence-corrected chi connectivity index (χ2v) is 9.65. The van der Waals surface area contributed by atoms with Crippen molar-refractivity contribution in [3.05, 3.63) is 52.9 Å². The molecule has 0 unspecified atom stereocenters. The topological polar surface area (TPSA) is 92.4 Å². The smallest absolute Gasteiger partial charge is 0.247 e. The summed E-state index contributed by atoms with van der Waals surface area (Å²) in [6, 6.07) is 12.6. The molecule has 1 aliphatic carbocycles. The summed E-state index contributed by atoms with van der Waals surface area (Å²) in [7, 11) is -3.74. The number of thiophene rings is 1. The molecule has 2 aromatic rings. The fourth-order valence-corrected chi connectivity index (χ4v) is 5.84. The Balaban J connectivity index is 1.59. The van der Waals surface area contributed by atoms with Crippen molar-refractivity contribution in [2.24, 2.45) is 11.1 Å². The third-order valence-corrected chi connectivity index (χ3v) is 7.75. The molecule has 3 rings (SSSR count). The van der Waals surface area contributed by atoms with Gasteiger partial charge < -0.3 is 10.4 Å². The first-order valence-corrected chi connectivity index (χ1v) is 11.4. The Labute approximate surface area is 159 Å². The maximum absolute atomic E-state index is 11.8. The molecule has 1 aromatic carbocycles. The third-order valence-electron chi connectivity index (χ3n) is 5.29. The molecule has 142 valence electrons. The van der Waals surface area contributed by atoms with Gasteiger partial charge in [0.2, 0.25) is 10.0 Å². The average Bonchev–Trinajstić information content (AvgIpc) is 3.12. The van der Waals surface area contributed by atoms with Crippen LogP contribution in [0.25, 0.3) is 0 Å². The van der Waals surface area contributed by atoms with Gasteiger partial charge in [-0.3, -0.25) is 0 Å². The van der Waals surface area contributed by atoms with Gasteiger partial charge in [-0.1, -0.05) is 30.3 Å². The molecule has 1 saturated carbocycles. The molecule has 0 spiro atoms. The number of rotatable bonds is 7. The Hall–Kier alpha value is -1.25. The highest BCUT2D eigenvalue weighted by Crippen LogP contribution is 2.39. The summed E-state index contributed by atoms with van der Waals surface area (Å²) in [4.78, 5) is 0. The zero-order chi connectivity index (χ0) is 18.6. The number of hydrogen-bond acceptors (Lipinski definition) is 5. The number of nitrogens with two attached hydrogens (primary N) is 1. The molecule has 0 radical (unpaired) electrons. The fourth-order valence-electron chi connectivity index (χ4n) is 3.90. The average molecular weight is 395 g/mol. The van der Waals surface area contributed by atoms with E-state index in [0.717, 1.165) is 43.6 Å². The van der Waals surface area contributed by atoms with E-state index in [2.05, 4.69) is 17.4 Å². The van der Waals surface area contributed by atoms with Crippen LogP contribution >= 0.6 is 11.3 Å². The Kier molecular flexibility index (Phi) is 6.47. The largest absolute Gasteiger partial charge is 0.396 e. The molecule has 1 atom stereocenters. The van der Waals surface area contributed by atoms with Crippen LogP contribution in [0.3, 0.4) is 0 Å². The van der Waals surface area contributed by atoms with E-state index in [1.807, 2.05) is 18.2 Å². The van der Waals surface area contributed by atoms with Crippen LogP contribution in [0.15, 0.2) is 46.0 Å². The van der Waals surface area contributed by atoms with Crippen LogP contribution in [-0.4, -0.2) is 26.2 Å². The number of aliphatic hydroxyl groups is 1. The molecule has 4 N–H and O–H groups in total. The summed E-state index contributed by atoms with van der Waals surface area (Å²) >= 11 is 1.13. The van der Waals surface area contributed by atoms with Gasteiger partial charge in [0, 0.05) is 18.5 Å². The van der Waals surface area contributed by atoms with Crippen LogP contribution in [0.5, 0.6) is 0 Å². The zero-order valence-corrected chi connectivity index (χ0v) is 16.3. The Morgan fingerprint density at radius 2 is 1.85 bits per heavy atom. The van der Waals surface area contributed by atoms with E-state index < -0.39 is 10.0 Å². The lowest BCUT2D eigenvalue weighted by Gasteiger charge is -2.33. The van der Waals surface area contributed by atoms with Gasteiger partial charge in [0.25, 0.3) is 0 Å². The number of nitrogens with one attached hydrogen (secondary N) is 1. The summed E-state index contributed by atoms with van der Waals surface area (Å²) in [5.74, 6) is 0.120. The highest BCUT2D eigenvalue weighted by atomic mass is 32.2. The predicted molar refractivity (Wildman–Crippen MR) is 105 cm³/mol. The number of hydrogen-bond donors (Lipinski definition) is 3. The Morgan fingerprint density at radius 3 is 2.46 bits per heavy atom. The number of aliphatic hydroxyl groups excluding tert-OH is 1. The van der Waals surface area contributed by atoms with Crippen LogP contribution in [0.1, 0.15) is 42.7 Å². The minimum absolute atomic E-state index is 0.0496. The molecule has 0 amide bonds. The summed E-state index contributed by atoms with van der Waals surface area (Å²) in [5, 5.41) is 20.6. The highest BCUT2D eigenvalue weighted by molar-refractivity contribution is 7.91. The maximum Gasteiger partial charge on any atom is 0.247 e. The van der Waals surface area contributed by atoms with Gasteiger partial charge in [0.1, 0.15) is 4.21 Å². The molecule has 1 aliphatic rings. The van der Waals surface area contributed by atoms with Crippen molar-refractivity contribution in [2.45, 2.75) is 48.4 Å². The lowest BCUT2D eigenvalue weighted by Crippen LogP contribution is -2.34. The van der Waals surface area contributed by atoms with Crippen molar-refractivity contribution in [1.29, 1.82) is 0 Å². The molecule has 0 aliphatic heterocycles. The van der Waals surface area contributed by atoms with Gasteiger partial charge >= 0.3 is 0 Å². The lowest BCUT2D eigenvalue weighted by molar-refractivity contribution is 0.182. The minimum Gasteiger partial charge on any atom is -0.396 e. The summed E-state index contributed by atoms with van der Waals surface area (Å²) < 4.78 is 23.8. The van der Waals surface area contributed by atoms with Gasteiger partial charge in [-0.25, -0.2) is 13.6 Å². The maximum atomic E-state index is 11.8. The van der Waals surface area contributed by atoms with Crippen LogP contribution < -0.4 is 10.5 Å². The van der Waals surface area contributed by atoms with E-state index in [4.69, 9.17) is 5.14 Å². The molecule has 1 fully saturated rings. The Morgan fingerprint density at radius 1 is 1.15 bits per heavy atom. The van der Waals surface area contributed by atoms with E-state index in [-0.39, 0.29) is 22.7 Å². The summed E-state index contributed by atoms with van der Waals surface area (Å²) in [5.41, 5.74) is 1.96. The van der Waals surface area contributed by atoms with Gasteiger partial charge in [0.15, 0.2) is 0 Å². The van der Waals surface area contributed by atoms with Crippen molar-refractivity contribution in [2.75, 3.05) is 6.61 Å². The second kappa shape index (κ2) is 8.63.